The van der Waals surface area contributed by atoms with E-state index in [-0.39, 0.29) is 11.2 Å². The molecular weight excluding hydrogens is 501 g/mol. The van der Waals surface area contributed by atoms with Gasteiger partial charge in [0.1, 0.15) is 17.4 Å². The fourth-order valence-corrected chi connectivity index (χ4v) is 5.38. The zero-order chi connectivity index (χ0) is 26.4. The molecule has 0 bridgehead atoms. The van der Waals surface area contributed by atoms with Gasteiger partial charge in [0, 0.05) is 44.3 Å². The Labute approximate surface area is 228 Å². The molecule has 2 aromatic carbocycles. The lowest BCUT2D eigenvalue weighted by molar-refractivity contribution is 0.0515. The number of anilines is 2. The van der Waals surface area contributed by atoms with Crippen LogP contribution in [0.5, 0.6) is 11.6 Å². The number of nitrogens with one attached hydrogen (secondary N) is 2. The van der Waals surface area contributed by atoms with Crippen molar-refractivity contribution in [2.24, 2.45) is 5.92 Å². The van der Waals surface area contributed by atoms with E-state index in [9.17, 15) is 4.39 Å². The first-order valence-corrected chi connectivity index (χ1v) is 13.7. The average molecular weight is 536 g/mol. The summed E-state index contributed by atoms with van der Waals surface area (Å²) in [6.45, 7) is 6.03. The van der Waals surface area contributed by atoms with Crippen LogP contribution in [0.4, 0.5) is 16.2 Å². The van der Waals surface area contributed by atoms with Crippen LogP contribution in [0.1, 0.15) is 38.2 Å². The smallest absolute Gasteiger partial charge is 0.234 e. The van der Waals surface area contributed by atoms with Gasteiger partial charge in [0.05, 0.1) is 0 Å². The molecule has 0 amide bonds. The van der Waals surface area contributed by atoms with Crippen LogP contribution in [0.2, 0.25) is 0 Å². The molecule has 2 aliphatic heterocycles. The first-order chi connectivity index (χ1) is 18.5. The Morgan fingerprint density at radius 2 is 1.89 bits per heavy atom. The summed E-state index contributed by atoms with van der Waals surface area (Å²) in [5, 5.41) is 6.97. The van der Waals surface area contributed by atoms with Crippen molar-refractivity contribution in [2.75, 3.05) is 43.1 Å². The Morgan fingerprint density at radius 3 is 2.63 bits per heavy atom. The van der Waals surface area contributed by atoms with Gasteiger partial charge in [-0.3, -0.25) is 0 Å². The molecule has 3 aromatic rings. The number of nitrogens with zero attached hydrogens (tertiary/aromatic N) is 3. The van der Waals surface area contributed by atoms with Crippen LogP contribution < -0.4 is 20.3 Å². The minimum atomic E-state index is -0.241. The molecule has 0 spiro atoms. The standard InChI is InChI=1S/C29H34FN5O2S/c1-21-6-5-15-35(19-21)25-18-26(37-24-7-3-2-4-8-24)33-27(32-25)34-28(38)31-20-29(13-16-36-17-14-29)22-9-11-23(30)12-10-22/h2-4,7-12,18,21H,5-6,13-17,19-20H2,1H3,(H2,31,32,33,34,38)/t21-/m1/s1. The molecule has 0 unspecified atom stereocenters. The van der Waals surface area contributed by atoms with Gasteiger partial charge in [0.2, 0.25) is 11.8 Å². The Kier molecular flexibility index (Phi) is 8.34. The summed E-state index contributed by atoms with van der Waals surface area (Å²) in [6, 6.07) is 18.2. The van der Waals surface area contributed by atoms with Crippen LogP contribution in [0.3, 0.4) is 0 Å². The SMILES string of the molecule is C[C@@H]1CCCN(c2cc(Oc3ccccc3)nc(NC(=S)NCC3(c4ccc(F)cc4)CCOCC3)n2)C1. The van der Waals surface area contributed by atoms with Crippen LogP contribution >= 0.6 is 12.2 Å². The number of ether oxygens (including phenoxy) is 2. The second-order valence-corrected chi connectivity index (χ2v) is 10.6. The fraction of sp³-hybridized carbons (Fsp3) is 0.414. The zero-order valence-electron chi connectivity index (χ0n) is 21.7. The van der Waals surface area contributed by atoms with E-state index in [0.29, 0.717) is 48.4 Å². The van der Waals surface area contributed by atoms with Gasteiger partial charge in [-0.1, -0.05) is 37.3 Å². The molecule has 200 valence electrons. The van der Waals surface area contributed by atoms with Gasteiger partial charge in [0.15, 0.2) is 5.11 Å². The molecule has 1 atom stereocenters. The van der Waals surface area contributed by atoms with Crippen molar-refractivity contribution in [1.82, 2.24) is 15.3 Å². The van der Waals surface area contributed by atoms with Crippen LogP contribution in [-0.2, 0) is 10.2 Å². The molecule has 7 nitrogen and oxygen atoms in total. The maximum Gasteiger partial charge on any atom is 0.234 e. The van der Waals surface area contributed by atoms with E-state index < -0.39 is 0 Å². The summed E-state index contributed by atoms with van der Waals surface area (Å²) in [5.74, 6) is 2.71. The number of aromatic nitrogens is 2. The lowest BCUT2D eigenvalue weighted by Gasteiger charge is -2.38. The topological polar surface area (TPSA) is 71.5 Å². The normalized spacial score (nSPS) is 19.0. The van der Waals surface area contributed by atoms with Crippen molar-refractivity contribution < 1.29 is 13.9 Å². The van der Waals surface area contributed by atoms with Crippen molar-refractivity contribution in [3.8, 4) is 11.6 Å². The highest BCUT2D eigenvalue weighted by Crippen LogP contribution is 2.34. The highest BCUT2D eigenvalue weighted by molar-refractivity contribution is 7.80. The largest absolute Gasteiger partial charge is 0.439 e. The third-order valence-corrected chi connectivity index (χ3v) is 7.60. The summed E-state index contributed by atoms with van der Waals surface area (Å²) in [4.78, 5) is 11.7. The predicted molar refractivity (Wildman–Crippen MR) is 152 cm³/mol. The van der Waals surface area contributed by atoms with Gasteiger partial charge >= 0.3 is 0 Å². The monoisotopic (exact) mass is 535 g/mol. The molecule has 38 heavy (non-hydrogen) atoms. The molecule has 3 heterocycles. The van der Waals surface area contributed by atoms with Crippen LogP contribution in [0, 0.1) is 11.7 Å². The Hall–Kier alpha value is -3.30. The van der Waals surface area contributed by atoms with Crippen molar-refractivity contribution in [3.05, 3.63) is 72.0 Å². The van der Waals surface area contributed by atoms with Crippen molar-refractivity contribution in [3.63, 3.8) is 0 Å². The van der Waals surface area contributed by atoms with Crippen molar-refractivity contribution in [2.45, 2.75) is 38.0 Å². The highest BCUT2D eigenvalue weighted by atomic mass is 32.1. The van der Waals surface area contributed by atoms with Gasteiger partial charge in [-0.15, -0.1) is 0 Å². The van der Waals surface area contributed by atoms with Gasteiger partial charge in [-0.05, 0) is 73.6 Å². The third kappa shape index (κ3) is 6.57. The molecule has 2 aliphatic rings. The highest BCUT2D eigenvalue weighted by Gasteiger charge is 2.34. The predicted octanol–water partition coefficient (Wildman–Crippen LogP) is 5.68. The Balaban J connectivity index is 1.33. The fourth-order valence-electron chi connectivity index (χ4n) is 5.22. The van der Waals surface area contributed by atoms with Gasteiger partial charge in [-0.2, -0.15) is 9.97 Å². The van der Waals surface area contributed by atoms with E-state index in [4.69, 9.17) is 26.7 Å². The summed E-state index contributed by atoms with van der Waals surface area (Å²) >= 11 is 5.67. The van der Waals surface area contributed by atoms with E-state index in [2.05, 4.69) is 27.4 Å². The second-order valence-electron chi connectivity index (χ2n) is 10.2. The number of piperidine rings is 1. The van der Waals surface area contributed by atoms with Crippen LogP contribution in [0.15, 0.2) is 60.7 Å². The zero-order valence-corrected chi connectivity index (χ0v) is 22.5. The van der Waals surface area contributed by atoms with Crippen molar-refractivity contribution >= 4 is 29.1 Å². The van der Waals surface area contributed by atoms with Gasteiger partial charge in [0.25, 0.3) is 0 Å². The molecule has 2 fully saturated rings. The molecule has 9 heteroatoms. The summed E-state index contributed by atoms with van der Waals surface area (Å²) in [5.41, 5.74) is 0.875. The molecule has 1 aromatic heterocycles. The van der Waals surface area contributed by atoms with E-state index in [1.54, 1.807) is 0 Å². The molecule has 2 N–H and O–H groups in total. The minimum absolute atomic E-state index is 0.202. The molecular formula is C29H34FN5O2S. The summed E-state index contributed by atoms with van der Waals surface area (Å²) in [6.07, 6.45) is 3.98. The van der Waals surface area contributed by atoms with Crippen molar-refractivity contribution in [1.29, 1.82) is 0 Å². The quantitative estimate of drug-likeness (QED) is 0.375. The number of hydrogen-bond acceptors (Lipinski definition) is 6. The summed E-state index contributed by atoms with van der Waals surface area (Å²) < 4.78 is 25.3. The van der Waals surface area contributed by atoms with Crippen LogP contribution in [-0.4, -0.2) is 47.9 Å². The van der Waals surface area contributed by atoms with Gasteiger partial charge < -0.3 is 25.0 Å². The number of thiocarbonyl (C=S) groups is 1. The number of hydrogen-bond donors (Lipinski definition) is 2. The number of rotatable bonds is 7. The van der Waals surface area contributed by atoms with E-state index in [0.717, 1.165) is 43.7 Å². The lowest BCUT2D eigenvalue weighted by atomic mass is 9.74. The minimum Gasteiger partial charge on any atom is -0.439 e. The second kappa shape index (κ2) is 12.0. The Morgan fingerprint density at radius 1 is 1.13 bits per heavy atom. The van der Waals surface area contributed by atoms with E-state index in [1.807, 2.05) is 48.5 Å². The summed E-state index contributed by atoms with van der Waals surface area (Å²) in [7, 11) is 0. The van der Waals surface area contributed by atoms with Crippen LogP contribution in [0.25, 0.3) is 0 Å². The first kappa shape index (κ1) is 26.3. The molecule has 0 saturated carbocycles. The molecule has 0 radical (unpaired) electrons. The van der Waals surface area contributed by atoms with Gasteiger partial charge in [-0.25, -0.2) is 4.39 Å². The Bertz CT molecular complexity index is 1220. The molecule has 5 rings (SSSR count). The molecule has 0 aliphatic carbocycles. The number of benzene rings is 2. The first-order valence-electron chi connectivity index (χ1n) is 13.2. The molecule has 2 saturated heterocycles. The third-order valence-electron chi connectivity index (χ3n) is 7.35. The maximum absolute atomic E-state index is 13.6. The number of halogens is 1. The lowest BCUT2D eigenvalue weighted by Crippen LogP contribution is -2.45. The van der Waals surface area contributed by atoms with E-state index in [1.165, 1.54) is 18.6 Å². The maximum atomic E-state index is 13.6. The number of para-hydroxylation sites is 1. The van der Waals surface area contributed by atoms with E-state index >= 15 is 0 Å². The average Bonchev–Trinajstić information content (AvgIpc) is 2.93.